The van der Waals surface area contributed by atoms with Gasteiger partial charge in [0.15, 0.2) is 0 Å². The first-order valence-electron chi connectivity index (χ1n) is 8.40. The summed E-state index contributed by atoms with van der Waals surface area (Å²) in [5.74, 6) is -0.486. The number of anilines is 1. The zero-order valence-electron chi connectivity index (χ0n) is 14.2. The van der Waals surface area contributed by atoms with Crippen molar-refractivity contribution in [2.75, 3.05) is 37.7 Å². The van der Waals surface area contributed by atoms with E-state index in [9.17, 15) is 9.90 Å². The average molecular weight is 342 g/mol. The van der Waals surface area contributed by atoms with Gasteiger partial charge in [-0.1, -0.05) is 0 Å². The molecule has 0 aromatic carbocycles. The van der Waals surface area contributed by atoms with E-state index in [1.54, 1.807) is 30.7 Å². The van der Waals surface area contributed by atoms with Crippen LogP contribution in [0.2, 0.25) is 0 Å². The van der Waals surface area contributed by atoms with Gasteiger partial charge in [-0.3, -0.25) is 14.7 Å². The number of carboxylic acid groups (broad SMARTS) is 1. The fourth-order valence-corrected chi connectivity index (χ4v) is 3.15. The van der Waals surface area contributed by atoms with Gasteiger partial charge < -0.3 is 14.7 Å². The SMILES string of the molecule is CCOc1ncccc1[C@H](C(=O)O)N1CCN(c2ccncc2)CC1. The maximum Gasteiger partial charge on any atom is 0.325 e. The molecular formula is C18H22N4O3. The molecule has 0 bridgehead atoms. The third kappa shape index (κ3) is 3.88. The molecule has 0 aliphatic carbocycles. The number of aromatic nitrogens is 2. The summed E-state index contributed by atoms with van der Waals surface area (Å²) in [6.45, 7) is 5.14. The van der Waals surface area contributed by atoms with E-state index in [2.05, 4.69) is 14.9 Å². The van der Waals surface area contributed by atoms with Gasteiger partial charge in [-0.05, 0) is 31.2 Å². The summed E-state index contributed by atoms with van der Waals surface area (Å²) < 4.78 is 5.53. The number of hydrogen-bond acceptors (Lipinski definition) is 6. The lowest BCUT2D eigenvalue weighted by molar-refractivity contribution is -0.143. The molecule has 25 heavy (non-hydrogen) atoms. The van der Waals surface area contributed by atoms with Gasteiger partial charge in [0, 0.05) is 56.0 Å². The fraction of sp³-hybridized carbons (Fsp3) is 0.389. The molecule has 7 heteroatoms. The number of rotatable bonds is 6. The van der Waals surface area contributed by atoms with Gasteiger partial charge in [0.25, 0.3) is 0 Å². The molecule has 3 rings (SSSR count). The Morgan fingerprint density at radius 2 is 1.92 bits per heavy atom. The van der Waals surface area contributed by atoms with Gasteiger partial charge in [-0.15, -0.1) is 0 Å². The largest absolute Gasteiger partial charge is 0.480 e. The van der Waals surface area contributed by atoms with E-state index in [1.165, 1.54) is 0 Å². The molecule has 1 aliphatic heterocycles. The van der Waals surface area contributed by atoms with Crippen molar-refractivity contribution in [1.29, 1.82) is 0 Å². The predicted octanol–water partition coefficient (Wildman–Crippen LogP) is 1.82. The summed E-state index contributed by atoms with van der Waals surface area (Å²) in [5.41, 5.74) is 1.71. The number of piperazine rings is 1. The van der Waals surface area contributed by atoms with Crippen molar-refractivity contribution in [3.63, 3.8) is 0 Å². The van der Waals surface area contributed by atoms with Crippen LogP contribution in [0.3, 0.4) is 0 Å². The molecule has 1 saturated heterocycles. The second-order valence-electron chi connectivity index (χ2n) is 5.80. The second-order valence-corrected chi connectivity index (χ2v) is 5.80. The van der Waals surface area contributed by atoms with Crippen molar-refractivity contribution in [3.05, 3.63) is 48.4 Å². The minimum absolute atomic E-state index is 0.397. The Morgan fingerprint density at radius 3 is 2.56 bits per heavy atom. The molecule has 0 spiro atoms. The topological polar surface area (TPSA) is 78.8 Å². The number of pyridine rings is 2. The normalized spacial score (nSPS) is 16.4. The first-order valence-corrected chi connectivity index (χ1v) is 8.40. The van der Waals surface area contributed by atoms with Crippen LogP contribution in [0.1, 0.15) is 18.5 Å². The van der Waals surface area contributed by atoms with Gasteiger partial charge >= 0.3 is 5.97 Å². The van der Waals surface area contributed by atoms with E-state index in [1.807, 2.05) is 24.0 Å². The van der Waals surface area contributed by atoms with E-state index < -0.39 is 12.0 Å². The molecule has 0 saturated carbocycles. The minimum atomic E-state index is -0.883. The number of aliphatic carboxylic acids is 1. The fourth-order valence-electron chi connectivity index (χ4n) is 3.15. The second kappa shape index (κ2) is 7.94. The zero-order valence-corrected chi connectivity index (χ0v) is 14.2. The van der Waals surface area contributed by atoms with Crippen molar-refractivity contribution in [1.82, 2.24) is 14.9 Å². The third-order valence-electron chi connectivity index (χ3n) is 4.32. The molecule has 132 valence electrons. The van der Waals surface area contributed by atoms with Crippen LogP contribution in [0.5, 0.6) is 5.88 Å². The highest BCUT2D eigenvalue weighted by atomic mass is 16.5. The summed E-state index contributed by atoms with van der Waals surface area (Å²) in [4.78, 5) is 24.4. The Kier molecular flexibility index (Phi) is 5.45. The van der Waals surface area contributed by atoms with Crippen molar-refractivity contribution in [2.45, 2.75) is 13.0 Å². The van der Waals surface area contributed by atoms with Gasteiger partial charge in [-0.25, -0.2) is 4.98 Å². The summed E-state index contributed by atoms with van der Waals surface area (Å²) in [7, 11) is 0. The van der Waals surface area contributed by atoms with E-state index >= 15 is 0 Å². The highest BCUT2D eigenvalue weighted by Gasteiger charge is 2.32. The summed E-state index contributed by atoms with van der Waals surface area (Å²) >= 11 is 0. The Labute approximate surface area is 146 Å². The molecule has 0 amide bonds. The number of nitrogens with zero attached hydrogens (tertiary/aromatic N) is 4. The van der Waals surface area contributed by atoms with E-state index in [-0.39, 0.29) is 0 Å². The standard InChI is InChI=1S/C18H22N4O3/c1-2-25-17-15(4-3-7-20-17)16(18(23)24)22-12-10-21(11-13-22)14-5-8-19-9-6-14/h3-9,16H,2,10-13H2,1H3,(H,23,24)/t16-/m1/s1. The molecule has 1 fully saturated rings. The van der Waals surface area contributed by atoms with E-state index in [4.69, 9.17) is 4.74 Å². The molecule has 0 unspecified atom stereocenters. The number of carbonyl (C=O) groups is 1. The summed E-state index contributed by atoms with van der Waals surface area (Å²) in [6.07, 6.45) is 5.16. The van der Waals surface area contributed by atoms with Crippen LogP contribution in [-0.4, -0.2) is 58.7 Å². The number of hydrogen-bond donors (Lipinski definition) is 1. The Hall–Kier alpha value is -2.67. The lowest BCUT2D eigenvalue weighted by atomic mass is 10.1. The number of carboxylic acids is 1. The third-order valence-corrected chi connectivity index (χ3v) is 4.32. The van der Waals surface area contributed by atoms with Crippen LogP contribution in [0.15, 0.2) is 42.9 Å². The highest BCUT2D eigenvalue weighted by Crippen LogP contribution is 2.29. The predicted molar refractivity (Wildman–Crippen MR) is 93.8 cm³/mol. The van der Waals surface area contributed by atoms with Crippen molar-refractivity contribution >= 4 is 11.7 Å². The maximum absolute atomic E-state index is 12.0. The van der Waals surface area contributed by atoms with Crippen LogP contribution in [0, 0.1) is 0 Å². The molecule has 0 radical (unpaired) electrons. The highest BCUT2D eigenvalue weighted by molar-refractivity contribution is 5.76. The van der Waals surface area contributed by atoms with Crippen molar-refractivity contribution < 1.29 is 14.6 Å². The molecule has 2 aromatic heterocycles. The number of ether oxygens (including phenoxy) is 1. The monoisotopic (exact) mass is 342 g/mol. The minimum Gasteiger partial charge on any atom is -0.480 e. The van der Waals surface area contributed by atoms with Crippen molar-refractivity contribution in [3.8, 4) is 5.88 Å². The average Bonchev–Trinajstić information content (AvgIpc) is 2.65. The van der Waals surface area contributed by atoms with Crippen LogP contribution in [0.25, 0.3) is 0 Å². The van der Waals surface area contributed by atoms with Crippen molar-refractivity contribution in [2.24, 2.45) is 0 Å². The van der Waals surface area contributed by atoms with Crippen LogP contribution in [-0.2, 0) is 4.79 Å². The zero-order chi connectivity index (χ0) is 17.6. The molecule has 3 heterocycles. The summed E-state index contributed by atoms with van der Waals surface area (Å²) in [6, 6.07) is 6.72. The Balaban J connectivity index is 1.76. The van der Waals surface area contributed by atoms with Gasteiger partial charge in [-0.2, -0.15) is 0 Å². The lowest BCUT2D eigenvalue weighted by Crippen LogP contribution is -2.49. The first-order chi connectivity index (χ1) is 12.2. The Morgan fingerprint density at radius 1 is 1.20 bits per heavy atom. The molecule has 1 N–H and O–H groups in total. The lowest BCUT2D eigenvalue weighted by Gasteiger charge is -2.38. The van der Waals surface area contributed by atoms with E-state index in [0.29, 0.717) is 31.1 Å². The quantitative estimate of drug-likeness (QED) is 0.858. The van der Waals surface area contributed by atoms with Gasteiger partial charge in [0.05, 0.1) is 6.61 Å². The van der Waals surface area contributed by atoms with Crippen LogP contribution in [0.4, 0.5) is 5.69 Å². The van der Waals surface area contributed by atoms with Crippen LogP contribution < -0.4 is 9.64 Å². The maximum atomic E-state index is 12.0. The van der Waals surface area contributed by atoms with Gasteiger partial charge in [0.1, 0.15) is 6.04 Å². The molecule has 1 aliphatic rings. The smallest absolute Gasteiger partial charge is 0.325 e. The molecular weight excluding hydrogens is 320 g/mol. The van der Waals surface area contributed by atoms with E-state index in [0.717, 1.165) is 18.8 Å². The molecule has 7 nitrogen and oxygen atoms in total. The molecule has 2 aromatic rings. The summed E-state index contributed by atoms with van der Waals surface area (Å²) in [5, 5.41) is 9.81. The first kappa shape index (κ1) is 17.2. The molecule has 1 atom stereocenters. The Bertz CT molecular complexity index is 702. The van der Waals surface area contributed by atoms with Gasteiger partial charge in [0.2, 0.25) is 5.88 Å². The van der Waals surface area contributed by atoms with Crippen LogP contribution >= 0.6 is 0 Å².